The summed E-state index contributed by atoms with van der Waals surface area (Å²) >= 11 is 1.73. The first-order valence-corrected chi connectivity index (χ1v) is 7.81. The van der Waals surface area contributed by atoms with Gasteiger partial charge in [0.2, 0.25) is 0 Å². The summed E-state index contributed by atoms with van der Waals surface area (Å²) in [5.41, 5.74) is 1.77. The number of benzene rings is 1. The zero-order chi connectivity index (χ0) is 13.7. The molecular weight excluding hydrogens is 254 g/mol. The lowest BCUT2D eigenvalue weighted by Crippen LogP contribution is -2.19. The van der Waals surface area contributed by atoms with Gasteiger partial charge in [-0.3, -0.25) is 0 Å². The van der Waals surface area contributed by atoms with Gasteiger partial charge in [-0.05, 0) is 43.8 Å². The smallest absolute Gasteiger partial charge is 0.102 e. The number of nitrogens with one attached hydrogen (secondary N) is 1. The molecule has 0 saturated carbocycles. The summed E-state index contributed by atoms with van der Waals surface area (Å²) in [4.78, 5) is 3.44. The summed E-state index contributed by atoms with van der Waals surface area (Å²) in [6.07, 6.45) is 1.24. The molecule has 0 aliphatic carbocycles. The van der Waals surface area contributed by atoms with E-state index < -0.39 is 0 Å². The summed E-state index contributed by atoms with van der Waals surface area (Å²) in [6.45, 7) is 5.40. The molecular formula is C15H21N3S. The first-order chi connectivity index (χ1) is 9.24. The zero-order valence-electron chi connectivity index (χ0n) is 11.6. The first kappa shape index (κ1) is 14.2. The summed E-state index contributed by atoms with van der Waals surface area (Å²) < 4.78 is 0. The fourth-order valence-corrected chi connectivity index (χ4v) is 3.30. The number of nitriles is 1. The molecule has 0 aromatic heterocycles. The third-order valence-electron chi connectivity index (χ3n) is 3.51. The molecule has 1 aliphatic heterocycles. The van der Waals surface area contributed by atoms with Gasteiger partial charge in [0, 0.05) is 18.0 Å². The van der Waals surface area contributed by atoms with Crippen molar-refractivity contribution < 1.29 is 0 Å². The lowest BCUT2D eigenvalue weighted by molar-refractivity contribution is 0.399. The average molecular weight is 275 g/mol. The zero-order valence-corrected chi connectivity index (χ0v) is 12.5. The highest BCUT2D eigenvalue weighted by atomic mass is 32.2. The van der Waals surface area contributed by atoms with Crippen LogP contribution in [0, 0.1) is 17.2 Å². The molecule has 0 bridgehead atoms. The van der Waals surface area contributed by atoms with Crippen molar-refractivity contribution in [2.75, 3.05) is 37.8 Å². The van der Waals surface area contributed by atoms with Crippen LogP contribution in [0.2, 0.25) is 0 Å². The van der Waals surface area contributed by atoms with E-state index in [9.17, 15) is 5.26 Å². The van der Waals surface area contributed by atoms with E-state index in [1.807, 2.05) is 18.2 Å². The van der Waals surface area contributed by atoms with Crippen molar-refractivity contribution in [2.24, 2.45) is 5.92 Å². The van der Waals surface area contributed by atoms with Crippen molar-refractivity contribution in [3.8, 4) is 6.07 Å². The maximum atomic E-state index is 9.35. The second-order valence-corrected chi connectivity index (χ2v) is 6.33. The standard InChI is InChI=1S/C15H21N3S/c1-3-19-15-6-4-5-14(13(15)9-16)17-10-12-7-8-18(2)11-12/h4-6,12,17H,3,7-8,10-11H2,1-2H3. The van der Waals surface area contributed by atoms with Gasteiger partial charge in [-0.25, -0.2) is 0 Å². The first-order valence-electron chi connectivity index (χ1n) is 6.83. The number of hydrogen-bond donors (Lipinski definition) is 1. The van der Waals surface area contributed by atoms with E-state index in [1.165, 1.54) is 13.0 Å². The predicted octanol–water partition coefficient (Wildman–Crippen LogP) is 3.03. The average Bonchev–Trinajstić information content (AvgIpc) is 2.83. The number of anilines is 1. The Kier molecular flexibility index (Phi) is 5.12. The number of thioether (sulfide) groups is 1. The lowest BCUT2D eigenvalue weighted by Gasteiger charge is -2.15. The normalized spacial score (nSPS) is 19.3. The molecule has 1 fully saturated rings. The van der Waals surface area contributed by atoms with Crippen molar-refractivity contribution >= 4 is 17.4 Å². The van der Waals surface area contributed by atoms with Gasteiger partial charge in [0.25, 0.3) is 0 Å². The Labute approximate surface area is 120 Å². The minimum atomic E-state index is 0.694. The van der Waals surface area contributed by atoms with Crippen LogP contribution in [0.5, 0.6) is 0 Å². The van der Waals surface area contributed by atoms with E-state index >= 15 is 0 Å². The molecule has 1 aromatic rings. The van der Waals surface area contributed by atoms with Gasteiger partial charge in [0.1, 0.15) is 6.07 Å². The van der Waals surface area contributed by atoms with Gasteiger partial charge in [-0.15, -0.1) is 11.8 Å². The molecule has 0 spiro atoms. The van der Waals surface area contributed by atoms with E-state index in [-0.39, 0.29) is 0 Å². The SMILES string of the molecule is CCSc1cccc(NCC2CCN(C)C2)c1C#N. The number of likely N-dealkylation sites (tertiary alicyclic amines) is 1. The van der Waals surface area contributed by atoms with Crippen LogP contribution in [-0.2, 0) is 0 Å². The highest BCUT2D eigenvalue weighted by molar-refractivity contribution is 7.99. The van der Waals surface area contributed by atoms with Crippen molar-refractivity contribution in [2.45, 2.75) is 18.2 Å². The largest absolute Gasteiger partial charge is 0.384 e. The quantitative estimate of drug-likeness (QED) is 0.838. The van der Waals surface area contributed by atoms with Crippen LogP contribution in [0.3, 0.4) is 0 Å². The Balaban J connectivity index is 2.03. The minimum absolute atomic E-state index is 0.694. The van der Waals surface area contributed by atoms with E-state index in [0.717, 1.165) is 35.0 Å². The van der Waals surface area contributed by atoms with Gasteiger partial charge < -0.3 is 10.2 Å². The number of rotatable bonds is 5. The Bertz CT molecular complexity index is 467. The van der Waals surface area contributed by atoms with Crippen molar-refractivity contribution in [3.63, 3.8) is 0 Å². The molecule has 19 heavy (non-hydrogen) atoms. The van der Waals surface area contributed by atoms with E-state index in [4.69, 9.17) is 0 Å². The second-order valence-electron chi connectivity index (χ2n) is 5.02. The van der Waals surface area contributed by atoms with Crippen LogP contribution in [0.1, 0.15) is 18.9 Å². The van der Waals surface area contributed by atoms with Crippen LogP contribution in [-0.4, -0.2) is 37.3 Å². The maximum absolute atomic E-state index is 9.35. The highest BCUT2D eigenvalue weighted by Gasteiger charge is 2.19. The fourth-order valence-electron chi connectivity index (χ4n) is 2.52. The molecule has 0 amide bonds. The van der Waals surface area contributed by atoms with Crippen LogP contribution >= 0.6 is 11.8 Å². The summed E-state index contributed by atoms with van der Waals surface area (Å²) in [5, 5.41) is 12.8. The monoisotopic (exact) mass is 275 g/mol. The molecule has 1 aromatic carbocycles. The molecule has 1 heterocycles. The molecule has 0 radical (unpaired) electrons. The van der Waals surface area contributed by atoms with Crippen molar-refractivity contribution in [1.29, 1.82) is 5.26 Å². The maximum Gasteiger partial charge on any atom is 0.102 e. The van der Waals surface area contributed by atoms with Crippen LogP contribution in [0.25, 0.3) is 0 Å². The van der Waals surface area contributed by atoms with E-state index in [2.05, 4.69) is 30.3 Å². The molecule has 102 valence electrons. The molecule has 4 heteroatoms. The van der Waals surface area contributed by atoms with Gasteiger partial charge in [0.05, 0.1) is 11.3 Å². The van der Waals surface area contributed by atoms with Gasteiger partial charge in [-0.2, -0.15) is 5.26 Å². The Morgan fingerprint density at radius 2 is 2.37 bits per heavy atom. The Hall–Kier alpha value is -1.18. The Morgan fingerprint density at radius 1 is 1.53 bits per heavy atom. The predicted molar refractivity (Wildman–Crippen MR) is 81.6 cm³/mol. The lowest BCUT2D eigenvalue weighted by atomic mass is 10.1. The van der Waals surface area contributed by atoms with Gasteiger partial charge in [-0.1, -0.05) is 13.0 Å². The third-order valence-corrected chi connectivity index (χ3v) is 4.45. The topological polar surface area (TPSA) is 39.1 Å². The van der Waals surface area contributed by atoms with Crippen LogP contribution < -0.4 is 5.32 Å². The third kappa shape index (κ3) is 3.65. The molecule has 1 saturated heterocycles. The number of nitrogens with zero attached hydrogens (tertiary/aromatic N) is 2. The summed E-state index contributed by atoms with van der Waals surface area (Å²) in [6, 6.07) is 8.41. The summed E-state index contributed by atoms with van der Waals surface area (Å²) in [7, 11) is 2.17. The van der Waals surface area contributed by atoms with E-state index in [1.54, 1.807) is 11.8 Å². The second kappa shape index (κ2) is 6.83. The highest BCUT2D eigenvalue weighted by Crippen LogP contribution is 2.28. The molecule has 3 nitrogen and oxygen atoms in total. The molecule has 1 N–H and O–H groups in total. The minimum Gasteiger partial charge on any atom is -0.384 e. The van der Waals surface area contributed by atoms with E-state index in [0.29, 0.717) is 5.92 Å². The number of hydrogen-bond acceptors (Lipinski definition) is 4. The molecule has 1 unspecified atom stereocenters. The molecule has 2 rings (SSSR count). The van der Waals surface area contributed by atoms with Crippen molar-refractivity contribution in [1.82, 2.24) is 4.90 Å². The summed E-state index contributed by atoms with van der Waals surface area (Å²) in [5.74, 6) is 1.69. The van der Waals surface area contributed by atoms with Crippen molar-refractivity contribution in [3.05, 3.63) is 23.8 Å². The Morgan fingerprint density at radius 3 is 3.00 bits per heavy atom. The van der Waals surface area contributed by atoms with Crippen LogP contribution in [0.15, 0.2) is 23.1 Å². The van der Waals surface area contributed by atoms with Gasteiger partial charge in [0.15, 0.2) is 0 Å². The molecule has 1 aliphatic rings. The fraction of sp³-hybridized carbons (Fsp3) is 0.533. The van der Waals surface area contributed by atoms with Gasteiger partial charge >= 0.3 is 0 Å². The molecule has 1 atom stereocenters. The van der Waals surface area contributed by atoms with Crippen LogP contribution in [0.4, 0.5) is 5.69 Å².